The van der Waals surface area contributed by atoms with Crippen LogP contribution in [0.4, 0.5) is 5.69 Å². The molecule has 4 rings (SSSR count). The number of aryl methyl sites for hydroxylation is 1. The van der Waals surface area contributed by atoms with Crippen molar-refractivity contribution in [1.29, 1.82) is 0 Å². The monoisotopic (exact) mass is 394 g/mol. The van der Waals surface area contributed by atoms with Gasteiger partial charge in [0.15, 0.2) is 0 Å². The Morgan fingerprint density at radius 1 is 1.00 bits per heavy atom. The fourth-order valence-corrected chi connectivity index (χ4v) is 5.18. The predicted octanol–water partition coefficient (Wildman–Crippen LogP) is 4.57. The Bertz CT molecular complexity index is 905. The fraction of sp³-hybridized carbons (Fsp3) is 0.391. The standard InChI is InChI=1S/C23H26N2O2S/c1-4-17-7-9-18(10-8-17)25-22(26)20(19-6-5-11-28-19)21(23(25)27)24-13-15(2)12-16(3)14-24/h5-11,15-16H,4,12-14H2,1-3H3. The minimum atomic E-state index is -0.211. The van der Waals surface area contributed by atoms with Crippen molar-refractivity contribution in [1.82, 2.24) is 4.90 Å². The molecule has 2 unspecified atom stereocenters. The molecule has 0 radical (unpaired) electrons. The molecule has 1 aromatic heterocycles. The quantitative estimate of drug-likeness (QED) is 0.713. The van der Waals surface area contributed by atoms with E-state index < -0.39 is 0 Å². The molecule has 5 heteroatoms. The fourth-order valence-electron chi connectivity index (χ4n) is 4.42. The Morgan fingerprint density at radius 2 is 1.68 bits per heavy atom. The zero-order valence-electron chi connectivity index (χ0n) is 16.6. The van der Waals surface area contributed by atoms with Crippen LogP contribution >= 0.6 is 11.3 Å². The van der Waals surface area contributed by atoms with Gasteiger partial charge in [0.05, 0.1) is 11.3 Å². The first-order valence-electron chi connectivity index (χ1n) is 10.0. The van der Waals surface area contributed by atoms with Gasteiger partial charge in [-0.15, -0.1) is 11.3 Å². The van der Waals surface area contributed by atoms with E-state index in [-0.39, 0.29) is 11.8 Å². The number of hydrogen-bond donors (Lipinski definition) is 0. The van der Waals surface area contributed by atoms with E-state index in [1.807, 2.05) is 41.8 Å². The van der Waals surface area contributed by atoms with E-state index in [0.29, 0.717) is 28.8 Å². The van der Waals surface area contributed by atoms with Crippen LogP contribution in [0, 0.1) is 11.8 Å². The van der Waals surface area contributed by atoms with Crippen LogP contribution in [0.1, 0.15) is 37.6 Å². The molecule has 0 N–H and O–H groups in total. The van der Waals surface area contributed by atoms with Crippen LogP contribution in [0.3, 0.4) is 0 Å². The number of benzene rings is 1. The van der Waals surface area contributed by atoms with Crippen molar-refractivity contribution >= 4 is 34.4 Å². The number of anilines is 1. The summed E-state index contributed by atoms with van der Waals surface area (Å²) in [6.07, 6.45) is 2.08. The molecule has 28 heavy (non-hydrogen) atoms. The van der Waals surface area contributed by atoms with Gasteiger partial charge in [-0.25, -0.2) is 4.90 Å². The van der Waals surface area contributed by atoms with E-state index in [2.05, 4.69) is 25.7 Å². The third kappa shape index (κ3) is 3.28. The highest BCUT2D eigenvalue weighted by Crippen LogP contribution is 2.38. The Balaban J connectivity index is 1.77. The van der Waals surface area contributed by atoms with Gasteiger partial charge in [-0.3, -0.25) is 9.59 Å². The number of rotatable bonds is 4. The Hall–Kier alpha value is -2.40. The number of hydrogen-bond acceptors (Lipinski definition) is 4. The molecule has 146 valence electrons. The molecular formula is C23H26N2O2S. The van der Waals surface area contributed by atoms with Crippen molar-refractivity contribution in [2.24, 2.45) is 11.8 Å². The van der Waals surface area contributed by atoms with Crippen LogP contribution in [-0.4, -0.2) is 29.8 Å². The van der Waals surface area contributed by atoms with Gasteiger partial charge in [-0.05, 0) is 53.8 Å². The van der Waals surface area contributed by atoms with Gasteiger partial charge in [-0.2, -0.15) is 0 Å². The molecule has 2 aliphatic heterocycles. The number of nitrogens with zero attached hydrogens (tertiary/aromatic N) is 2. The molecule has 1 saturated heterocycles. The third-order valence-electron chi connectivity index (χ3n) is 5.61. The minimum Gasteiger partial charge on any atom is -0.366 e. The van der Waals surface area contributed by atoms with Crippen LogP contribution in [-0.2, 0) is 16.0 Å². The molecule has 0 bridgehead atoms. The Kier molecular flexibility index (Phi) is 5.11. The van der Waals surface area contributed by atoms with Gasteiger partial charge in [0.25, 0.3) is 11.8 Å². The van der Waals surface area contributed by atoms with E-state index in [1.165, 1.54) is 21.8 Å². The highest BCUT2D eigenvalue weighted by atomic mass is 32.1. The van der Waals surface area contributed by atoms with E-state index >= 15 is 0 Å². The molecule has 1 aromatic carbocycles. The number of likely N-dealkylation sites (tertiary alicyclic amines) is 1. The molecule has 2 aromatic rings. The van der Waals surface area contributed by atoms with Gasteiger partial charge >= 0.3 is 0 Å². The second-order valence-corrected chi connectivity index (χ2v) is 8.97. The van der Waals surface area contributed by atoms with Crippen LogP contribution in [0.5, 0.6) is 0 Å². The number of thiophene rings is 1. The van der Waals surface area contributed by atoms with Gasteiger partial charge in [0.2, 0.25) is 0 Å². The molecule has 0 saturated carbocycles. The lowest BCUT2D eigenvalue weighted by atomic mass is 9.91. The zero-order chi connectivity index (χ0) is 19.8. The molecule has 0 aliphatic carbocycles. The molecule has 0 spiro atoms. The van der Waals surface area contributed by atoms with Crippen LogP contribution in [0.25, 0.3) is 5.57 Å². The average Bonchev–Trinajstić information content (AvgIpc) is 3.27. The number of carbonyl (C=O) groups is 2. The van der Waals surface area contributed by atoms with Crippen LogP contribution in [0.2, 0.25) is 0 Å². The van der Waals surface area contributed by atoms with Crippen molar-refractivity contribution in [2.75, 3.05) is 18.0 Å². The Labute approximate surface area is 170 Å². The summed E-state index contributed by atoms with van der Waals surface area (Å²) in [5, 5.41) is 1.96. The summed E-state index contributed by atoms with van der Waals surface area (Å²) in [6.45, 7) is 8.16. The number of imide groups is 1. The van der Waals surface area contributed by atoms with Gasteiger partial charge < -0.3 is 4.90 Å². The third-order valence-corrected chi connectivity index (χ3v) is 6.50. The predicted molar refractivity (Wildman–Crippen MR) is 114 cm³/mol. The zero-order valence-corrected chi connectivity index (χ0v) is 17.5. The molecule has 2 amide bonds. The van der Waals surface area contributed by atoms with E-state index in [1.54, 1.807) is 0 Å². The van der Waals surface area contributed by atoms with Crippen molar-refractivity contribution in [3.63, 3.8) is 0 Å². The van der Waals surface area contributed by atoms with E-state index in [0.717, 1.165) is 30.8 Å². The minimum absolute atomic E-state index is 0.195. The summed E-state index contributed by atoms with van der Waals surface area (Å²) < 4.78 is 0. The van der Waals surface area contributed by atoms with Crippen molar-refractivity contribution in [3.05, 3.63) is 57.9 Å². The SMILES string of the molecule is CCc1ccc(N2C(=O)C(c3cccs3)=C(N3CC(C)CC(C)C3)C2=O)cc1. The maximum Gasteiger partial charge on any atom is 0.282 e. The lowest BCUT2D eigenvalue weighted by Gasteiger charge is -2.37. The molecule has 2 aliphatic rings. The lowest BCUT2D eigenvalue weighted by molar-refractivity contribution is -0.120. The van der Waals surface area contributed by atoms with E-state index in [4.69, 9.17) is 0 Å². The first kappa shape index (κ1) is 18.9. The summed E-state index contributed by atoms with van der Waals surface area (Å²) in [7, 11) is 0. The number of piperidine rings is 1. The van der Waals surface area contributed by atoms with Crippen molar-refractivity contribution in [2.45, 2.75) is 33.6 Å². The Morgan fingerprint density at radius 3 is 2.25 bits per heavy atom. The van der Waals surface area contributed by atoms with Gasteiger partial charge in [0, 0.05) is 18.0 Å². The number of amides is 2. The summed E-state index contributed by atoms with van der Waals surface area (Å²) in [4.78, 5) is 31.3. The molecule has 4 nitrogen and oxygen atoms in total. The second-order valence-electron chi connectivity index (χ2n) is 8.02. The summed E-state index contributed by atoms with van der Waals surface area (Å²) in [6, 6.07) is 11.6. The topological polar surface area (TPSA) is 40.6 Å². The highest BCUT2D eigenvalue weighted by molar-refractivity contribution is 7.11. The largest absolute Gasteiger partial charge is 0.366 e. The van der Waals surface area contributed by atoms with Crippen LogP contribution in [0.15, 0.2) is 47.5 Å². The number of carbonyl (C=O) groups excluding carboxylic acids is 2. The molecule has 2 atom stereocenters. The maximum atomic E-state index is 13.5. The maximum absolute atomic E-state index is 13.5. The summed E-state index contributed by atoms with van der Waals surface area (Å²) in [5.74, 6) is 0.597. The van der Waals surface area contributed by atoms with Gasteiger partial charge in [-0.1, -0.05) is 39.0 Å². The average molecular weight is 395 g/mol. The second kappa shape index (κ2) is 7.55. The van der Waals surface area contributed by atoms with E-state index in [9.17, 15) is 9.59 Å². The highest BCUT2D eigenvalue weighted by Gasteiger charge is 2.44. The molecule has 1 fully saturated rings. The first-order chi connectivity index (χ1) is 13.5. The smallest absolute Gasteiger partial charge is 0.282 e. The first-order valence-corrected chi connectivity index (χ1v) is 10.9. The van der Waals surface area contributed by atoms with Crippen molar-refractivity contribution < 1.29 is 9.59 Å². The lowest BCUT2D eigenvalue weighted by Crippen LogP contribution is -2.42. The normalized spacial score (nSPS) is 23.1. The summed E-state index contributed by atoms with van der Waals surface area (Å²) in [5.41, 5.74) is 2.97. The van der Waals surface area contributed by atoms with Gasteiger partial charge in [0.1, 0.15) is 5.70 Å². The van der Waals surface area contributed by atoms with Crippen molar-refractivity contribution in [3.8, 4) is 0 Å². The van der Waals surface area contributed by atoms with Crippen LogP contribution < -0.4 is 4.90 Å². The summed E-state index contributed by atoms with van der Waals surface area (Å²) >= 11 is 1.51. The molecule has 3 heterocycles. The molecular weight excluding hydrogens is 368 g/mol.